The Labute approximate surface area is 123 Å². The lowest BCUT2D eigenvalue weighted by Gasteiger charge is -2.25. The van der Waals surface area contributed by atoms with E-state index >= 15 is 0 Å². The Kier molecular flexibility index (Phi) is 4.29. The molecule has 0 heterocycles. The van der Waals surface area contributed by atoms with Crippen LogP contribution in [0.4, 0.5) is 0 Å². The van der Waals surface area contributed by atoms with Crippen LogP contribution < -0.4 is 4.74 Å². The van der Waals surface area contributed by atoms with Gasteiger partial charge in [0.25, 0.3) is 0 Å². The Hall–Kier alpha value is -2.33. The van der Waals surface area contributed by atoms with E-state index in [1.54, 1.807) is 38.1 Å². The van der Waals surface area contributed by atoms with E-state index in [1.807, 2.05) is 18.2 Å². The highest BCUT2D eigenvalue weighted by molar-refractivity contribution is 5.91. The minimum absolute atomic E-state index is 0.0256. The molecule has 0 aliphatic heterocycles. The molecule has 0 amide bonds. The van der Waals surface area contributed by atoms with E-state index in [9.17, 15) is 15.0 Å². The quantitative estimate of drug-likeness (QED) is 0.886. The number of aliphatic hydroxyl groups is 1. The summed E-state index contributed by atoms with van der Waals surface area (Å²) < 4.78 is 5.62. The van der Waals surface area contributed by atoms with Gasteiger partial charge in [-0.25, -0.2) is 4.79 Å². The van der Waals surface area contributed by atoms with E-state index in [4.69, 9.17) is 4.74 Å². The predicted octanol–water partition coefficient (Wildman–Crippen LogP) is 2.98. The zero-order chi connectivity index (χ0) is 15.5. The SMILES string of the molecule is Cc1cccc(C(=O)O)c1OCC(C)(O)c1ccccc1. The summed E-state index contributed by atoms with van der Waals surface area (Å²) in [6.07, 6.45) is 0. The maximum Gasteiger partial charge on any atom is 0.339 e. The van der Waals surface area contributed by atoms with Crippen molar-refractivity contribution in [2.75, 3.05) is 6.61 Å². The number of carboxylic acid groups (broad SMARTS) is 1. The van der Waals surface area contributed by atoms with Gasteiger partial charge in [-0.1, -0.05) is 42.5 Å². The number of aromatic carboxylic acids is 1. The molecule has 0 aromatic heterocycles. The van der Waals surface area contributed by atoms with Crippen LogP contribution in [0, 0.1) is 6.92 Å². The second-order valence-electron chi connectivity index (χ2n) is 5.19. The molecule has 0 saturated heterocycles. The van der Waals surface area contributed by atoms with Crippen molar-refractivity contribution < 1.29 is 19.7 Å². The van der Waals surface area contributed by atoms with Crippen LogP contribution in [0.3, 0.4) is 0 Å². The number of hydrogen-bond donors (Lipinski definition) is 2. The number of benzene rings is 2. The van der Waals surface area contributed by atoms with Crippen molar-refractivity contribution >= 4 is 5.97 Å². The molecule has 1 unspecified atom stereocenters. The van der Waals surface area contributed by atoms with Gasteiger partial charge >= 0.3 is 5.97 Å². The van der Waals surface area contributed by atoms with Crippen molar-refractivity contribution in [3.8, 4) is 5.75 Å². The van der Waals surface area contributed by atoms with Crippen molar-refractivity contribution in [1.82, 2.24) is 0 Å². The van der Waals surface area contributed by atoms with Crippen LogP contribution >= 0.6 is 0 Å². The monoisotopic (exact) mass is 286 g/mol. The Morgan fingerprint density at radius 1 is 1.14 bits per heavy atom. The van der Waals surface area contributed by atoms with Gasteiger partial charge < -0.3 is 14.9 Å². The molecule has 4 heteroatoms. The summed E-state index contributed by atoms with van der Waals surface area (Å²) in [5.41, 5.74) is 0.340. The van der Waals surface area contributed by atoms with Crippen LogP contribution in [0.15, 0.2) is 48.5 Å². The zero-order valence-electron chi connectivity index (χ0n) is 12.0. The lowest BCUT2D eigenvalue weighted by atomic mass is 9.97. The van der Waals surface area contributed by atoms with Gasteiger partial charge in [0.05, 0.1) is 0 Å². The maximum absolute atomic E-state index is 11.2. The molecule has 0 radical (unpaired) electrons. The summed E-state index contributed by atoms with van der Waals surface area (Å²) in [6, 6.07) is 14.1. The van der Waals surface area contributed by atoms with Crippen molar-refractivity contribution in [1.29, 1.82) is 0 Å². The van der Waals surface area contributed by atoms with E-state index in [-0.39, 0.29) is 12.2 Å². The molecular formula is C17H18O4. The third kappa shape index (κ3) is 3.41. The van der Waals surface area contributed by atoms with E-state index in [1.165, 1.54) is 6.07 Å². The number of carboxylic acids is 1. The third-order valence-electron chi connectivity index (χ3n) is 3.34. The van der Waals surface area contributed by atoms with Crippen LogP contribution in [0.1, 0.15) is 28.4 Å². The van der Waals surface area contributed by atoms with Gasteiger partial charge in [-0.3, -0.25) is 0 Å². The second-order valence-corrected chi connectivity index (χ2v) is 5.19. The molecule has 2 aromatic rings. The van der Waals surface area contributed by atoms with Crippen molar-refractivity contribution in [2.45, 2.75) is 19.4 Å². The van der Waals surface area contributed by atoms with Crippen molar-refractivity contribution in [3.05, 3.63) is 65.2 Å². The van der Waals surface area contributed by atoms with Crippen molar-refractivity contribution in [2.24, 2.45) is 0 Å². The van der Waals surface area contributed by atoms with Crippen molar-refractivity contribution in [3.63, 3.8) is 0 Å². The first-order valence-electron chi connectivity index (χ1n) is 6.65. The minimum atomic E-state index is -1.20. The van der Waals surface area contributed by atoms with Gasteiger partial charge in [-0.05, 0) is 31.0 Å². The smallest absolute Gasteiger partial charge is 0.339 e. The number of rotatable bonds is 5. The van der Waals surface area contributed by atoms with Gasteiger partial charge in [0.15, 0.2) is 0 Å². The van der Waals surface area contributed by atoms with Gasteiger partial charge in [0.1, 0.15) is 23.5 Å². The zero-order valence-corrected chi connectivity index (χ0v) is 12.0. The fraction of sp³-hybridized carbons (Fsp3) is 0.235. The van der Waals surface area contributed by atoms with Gasteiger partial charge in [-0.2, -0.15) is 0 Å². The molecule has 21 heavy (non-hydrogen) atoms. The summed E-state index contributed by atoms with van der Waals surface area (Å²) in [4.78, 5) is 11.2. The molecule has 2 rings (SSSR count). The highest BCUT2D eigenvalue weighted by Gasteiger charge is 2.25. The Morgan fingerprint density at radius 3 is 2.43 bits per heavy atom. The molecule has 2 N–H and O–H groups in total. The molecule has 2 aromatic carbocycles. The topological polar surface area (TPSA) is 66.8 Å². The molecule has 0 saturated carbocycles. The summed E-state index contributed by atoms with van der Waals surface area (Å²) in [5, 5.41) is 19.7. The van der Waals surface area contributed by atoms with Crippen LogP contribution in [0.5, 0.6) is 5.75 Å². The maximum atomic E-state index is 11.2. The standard InChI is InChI=1S/C17H18O4/c1-12-7-6-10-14(16(18)19)15(12)21-11-17(2,20)13-8-4-3-5-9-13/h3-10,20H,11H2,1-2H3,(H,18,19). The molecule has 0 bridgehead atoms. The highest BCUT2D eigenvalue weighted by Crippen LogP contribution is 2.27. The Balaban J connectivity index is 2.22. The first kappa shape index (κ1) is 15.1. The first-order chi connectivity index (χ1) is 9.92. The number of ether oxygens (including phenoxy) is 1. The van der Waals surface area contributed by atoms with Gasteiger partial charge in [-0.15, -0.1) is 0 Å². The molecule has 0 aliphatic carbocycles. The van der Waals surface area contributed by atoms with E-state index < -0.39 is 11.6 Å². The Morgan fingerprint density at radius 2 is 1.81 bits per heavy atom. The normalized spacial score (nSPS) is 13.5. The van der Waals surface area contributed by atoms with E-state index in [0.29, 0.717) is 5.75 Å². The van der Waals surface area contributed by atoms with E-state index in [2.05, 4.69) is 0 Å². The van der Waals surface area contributed by atoms with Gasteiger partial charge in [0.2, 0.25) is 0 Å². The number of carbonyl (C=O) groups is 1. The second kappa shape index (κ2) is 5.97. The highest BCUT2D eigenvalue weighted by atomic mass is 16.5. The Bertz CT molecular complexity index is 632. The number of aryl methyl sites for hydroxylation is 1. The molecule has 0 fully saturated rings. The molecule has 0 spiro atoms. The summed E-state index contributed by atoms with van der Waals surface area (Å²) in [7, 11) is 0. The van der Waals surface area contributed by atoms with Crippen LogP contribution in [0.25, 0.3) is 0 Å². The predicted molar refractivity (Wildman–Crippen MR) is 79.6 cm³/mol. The molecule has 0 aliphatic rings. The van der Waals surface area contributed by atoms with Crippen LogP contribution in [-0.4, -0.2) is 22.8 Å². The fourth-order valence-corrected chi connectivity index (χ4v) is 2.11. The first-order valence-corrected chi connectivity index (χ1v) is 6.65. The summed E-state index contributed by atoms with van der Waals surface area (Å²) in [5.74, 6) is -0.755. The third-order valence-corrected chi connectivity index (χ3v) is 3.34. The number of para-hydroxylation sites is 1. The fourth-order valence-electron chi connectivity index (χ4n) is 2.11. The summed E-state index contributed by atoms with van der Waals surface area (Å²) >= 11 is 0. The number of hydrogen-bond acceptors (Lipinski definition) is 3. The van der Waals surface area contributed by atoms with E-state index in [0.717, 1.165) is 11.1 Å². The average molecular weight is 286 g/mol. The van der Waals surface area contributed by atoms with Gasteiger partial charge in [0, 0.05) is 0 Å². The largest absolute Gasteiger partial charge is 0.489 e. The minimum Gasteiger partial charge on any atom is -0.489 e. The molecule has 4 nitrogen and oxygen atoms in total. The lowest BCUT2D eigenvalue weighted by molar-refractivity contribution is 0.00681. The lowest BCUT2D eigenvalue weighted by Crippen LogP contribution is -2.30. The van der Waals surface area contributed by atoms with Crippen LogP contribution in [0.2, 0.25) is 0 Å². The van der Waals surface area contributed by atoms with Crippen LogP contribution in [-0.2, 0) is 5.60 Å². The summed E-state index contributed by atoms with van der Waals surface area (Å²) in [6.45, 7) is 3.39. The molecule has 1 atom stereocenters. The molecular weight excluding hydrogens is 268 g/mol. The molecule has 110 valence electrons. The average Bonchev–Trinajstić information content (AvgIpc) is 2.46.